The molecule has 174 valence electrons. The molecule has 1 aromatic carbocycles. The number of likely N-dealkylation sites (tertiary alicyclic amines) is 1. The summed E-state index contributed by atoms with van der Waals surface area (Å²) in [5, 5.41) is 3.54. The molecule has 1 aliphatic rings. The second-order valence-electron chi connectivity index (χ2n) is 8.15. The first-order chi connectivity index (χ1) is 15.8. The molecule has 0 saturated carbocycles. The first kappa shape index (κ1) is 23.3. The Labute approximate surface area is 200 Å². The van der Waals surface area contributed by atoms with Crippen LogP contribution in [0.2, 0.25) is 5.02 Å². The Morgan fingerprint density at radius 3 is 2.82 bits per heavy atom. The number of rotatable bonds is 5. The molecule has 3 heterocycles. The molecule has 0 bridgehead atoms. The maximum atomic E-state index is 13.2. The fraction of sp³-hybridized carbons (Fsp3) is 0.391. The summed E-state index contributed by atoms with van der Waals surface area (Å²) in [6.07, 6.45) is 4.45. The van der Waals surface area contributed by atoms with E-state index in [1.807, 2.05) is 11.8 Å². The fourth-order valence-electron chi connectivity index (χ4n) is 4.13. The average molecular weight is 489 g/mol. The monoisotopic (exact) mass is 488 g/mol. The van der Waals surface area contributed by atoms with Gasteiger partial charge in [0.25, 0.3) is 11.5 Å². The molecular formula is C23H25ClN4O4S. The van der Waals surface area contributed by atoms with Gasteiger partial charge in [-0.3, -0.25) is 19.0 Å². The third kappa shape index (κ3) is 4.60. The number of aryl methyl sites for hydroxylation is 1. The summed E-state index contributed by atoms with van der Waals surface area (Å²) < 4.78 is 6.46. The van der Waals surface area contributed by atoms with Crippen molar-refractivity contribution in [2.24, 2.45) is 0 Å². The van der Waals surface area contributed by atoms with Crippen molar-refractivity contribution in [2.75, 3.05) is 19.0 Å². The summed E-state index contributed by atoms with van der Waals surface area (Å²) in [4.78, 5) is 45.9. The lowest BCUT2D eigenvalue weighted by Gasteiger charge is -2.33. The van der Waals surface area contributed by atoms with Crippen molar-refractivity contribution in [1.82, 2.24) is 14.5 Å². The number of methoxy groups -OCH3 is 1. The number of benzene rings is 1. The number of ether oxygens (including phenoxy) is 1. The maximum Gasteiger partial charge on any atom is 0.266 e. The van der Waals surface area contributed by atoms with E-state index < -0.39 is 0 Å². The van der Waals surface area contributed by atoms with Gasteiger partial charge in [0.05, 0.1) is 28.7 Å². The van der Waals surface area contributed by atoms with E-state index in [1.165, 1.54) is 18.0 Å². The highest BCUT2D eigenvalue weighted by atomic mass is 35.5. The van der Waals surface area contributed by atoms with Crippen molar-refractivity contribution in [3.8, 4) is 5.75 Å². The van der Waals surface area contributed by atoms with Crippen LogP contribution in [-0.4, -0.2) is 46.0 Å². The predicted octanol–water partition coefficient (Wildman–Crippen LogP) is 4.08. The van der Waals surface area contributed by atoms with Crippen LogP contribution >= 0.6 is 22.9 Å². The molecular weight excluding hydrogens is 464 g/mol. The molecule has 0 unspecified atom stereocenters. The molecule has 1 atom stereocenters. The lowest BCUT2D eigenvalue weighted by atomic mass is 10.0. The number of halogens is 1. The number of anilines is 1. The van der Waals surface area contributed by atoms with E-state index in [0.717, 1.165) is 30.6 Å². The van der Waals surface area contributed by atoms with Crippen molar-refractivity contribution in [2.45, 2.75) is 45.7 Å². The summed E-state index contributed by atoms with van der Waals surface area (Å²) in [5.41, 5.74) is 0.727. The highest BCUT2D eigenvalue weighted by Gasteiger charge is 2.25. The SMILES string of the molecule is COc1ccc(NC(=O)c2sc3ncn(CC(=O)N4CCCC[C@H]4C)c(=O)c3c2C)cc1Cl. The van der Waals surface area contributed by atoms with Gasteiger partial charge in [0, 0.05) is 18.3 Å². The van der Waals surface area contributed by atoms with Crippen LogP contribution in [-0.2, 0) is 11.3 Å². The van der Waals surface area contributed by atoms with E-state index in [-0.39, 0.29) is 30.0 Å². The average Bonchev–Trinajstić information content (AvgIpc) is 3.13. The Kier molecular flexibility index (Phi) is 6.71. The van der Waals surface area contributed by atoms with E-state index in [4.69, 9.17) is 16.3 Å². The minimum absolute atomic E-state index is 0.0622. The van der Waals surface area contributed by atoms with Crippen molar-refractivity contribution in [3.05, 3.63) is 50.3 Å². The number of fused-ring (bicyclic) bond motifs is 1. The standard InChI is InChI=1S/C23H25ClN4O4S/c1-13-6-4-5-9-28(13)18(29)11-27-12-25-22-19(23(27)31)14(2)20(33-22)21(30)26-15-7-8-17(32-3)16(24)10-15/h7-8,10,12-13H,4-6,9,11H2,1-3H3,(H,26,30)/t13-/m1/s1. The van der Waals surface area contributed by atoms with E-state index in [0.29, 0.717) is 43.7 Å². The summed E-state index contributed by atoms with van der Waals surface area (Å²) >= 11 is 7.28. The first-order valence-corrected chi connectivity index (χ1v) is 11.9. The highest BCUT2D eigenvalue weighted by Crippen LogP contribution is 2.30. The Hall–Kier alpha value is -2.91. The number of carbonyl (C=O) groups is 2. The smallest absolute Gasteiger partial charge is 0.266 e. The molecule has 0 spiro atoms. The fourth-order valence-corrected chi connectivity index (χ4v) is 5.42. The molecule has 2 aromatic heterocycles. The van der Waals surface area contributed by atoms with Crippen LogP contribution in [0.4, 0.5) is 5.69 Å². The van der Waals surface area contributed by atoms with Gasteiger partial charge in [-0.05, 0) is 56.9 Å². The van der Waals surface area contributed by atoms with Crippen molar-refractivity contribution >= 4 is 50.7 Å². The normalized spacial score (nSPS) is 16.1. The van der Waals surface area contributed by atoms with E-state index in [9.17, 15) is 14.4 Å². The molecule has 33 heavy (non-hydrogen) atoms. The zero-order chi connectivity index (χ0) is 23.7. The van der Waals surface area contributed by atoms with Crippen LogP contribution < -0.4 is 15.6 Å². The first-order valence-electron chi connectivity index (χ1n) is 10.7. The molecule has 0 radical (unpaired) electrons. The van der Waals surface area contributed by atoms with Gasteiger partial charge in [-0.25, -0.2) is 4.98 Å². The zero-order valence-corrected chi connectivity index (χ0v) is 20.3. The number of aromatic nitrogens is 2. The Balaban J connectivity index is 1.59. The number of piperidine rings is 1. The zero-order valence-electron chi connectivity index (χ0n) is 18.7. The Morgan fingerprint density at radius 2 is 2.12 bits per heavy atom. The molecule has 1 fully saturated rings. The predicted molar refractivity (Wildman–Crippen MR) is 130 cm³/mol. The molecule has 1 N–H and O–H groups in total. The second-order valence-corrected chi connectivity index (χ2v) is 9.56. The van der Waals surface area contributed by atoms with Crippen LogP contribution in [0, 0.1) is 6.92 Å². The molecule has 10 heteroatoms. The summed E-state index contributed by atoms with van der Waals surface area (Å²) in [6, 6.07) is 5.11. The van der Waals surface area contributed by atoms with Crippen LogP contribution in [0.25, 0.3) is 10.2 Å². The second kappa shape index (κ2) is 9.52. The van der Waals surface area contributed by atoms with Gasteiger partial charge in [0.15, 0.2) is 0 Å². The van der Waals surface area contributed by atoms with Gasteiger partial charge in [-0.15, -0.1) is 11.3 Å². The number of nitrogens with zero attached hydrogens (tertiary/aromatic N) is 3. The molecule has 8 nitrogen and oxygen atoms in total. The van der Waals surface area contributed by atoms with Crippen LogP contribution in [0.3, 0.4) is 0 Å². The largest absolute Gasteiger partial charge is 0.495 e. The van der Waals surface area contributed by atoms with Gasteiger partial charge < -0.3 is 15.0 Å². The van der Waals surface area contributed by atoms with Crippen molar-refractivity contribution in [1.29, 1.82) is 0 Å². The van der Waals surface area contributed by atoms with E-state index in [1.54, 1.807) is 25.1 Å². The molecule has 0 aliphatic carbocycles. The third-order valence-electron chi connectivity index (χ3n) is 5.96. The number of hydrogen-bond donors (Lipinski definition) is 1. The van der Waals surface area contributed by atoms with Crippen LogP contribution in [0.1, 0.15) is 41.4 Å². The minimum Gasteiger partial charge on any atom is -0.495 e. The van der Waals surface area contributed by atoms with Gasteiger partial charge in [-0.2, -0.15) is 0 Å². The lowest BCUT2D eigenvalue weighted by molar-refractivity contribution is -0.135. The maximum absolute atomic E-state index is 13.2. The number of amides is 2. The lowest BCUT2D eigenvalue weighted by Crippen LogP contribution is -2.44. The summed E-state index contributed by atoms with van der Waals surface area (Å²) in [6.45, 7) is 4.40. The third-order valence-corrected chi connectivity index (χ3v) is 7.46. The van der Waals surface area contributed by atoms with Crippen molar-refractivity contribution in [3.63, 3.8) is 0 Å². The van der Waals surface area contributed by atoms with E-state index >= 15 is 0 Å². The molecule has 4 rings (SSSR count). The summed E-state index contributed by atoms with van der Waals surface area (Å²) in [5.74, 6) is 0.0551. The van der Waals surface area contributed by atoms with Gasteiger partial charge in [-0.1, -0.05) is 11.6 Å². The molecule has 1 saturated heterocycles. The molecule has 3 aromatic rings. The van der Waals surface area contributed by atoms with Gasteiger partial charge >= 0.3 is 0 Å². The molecule has 2 amide bonds. The van der Waals surface area contributed by atoms with Crippen molar-refractivity contribution < 1.29 is 14.3 Å². The number of carbonyl (C=O) groups excluding carboxylic acids is 2. The minimum atomic E-state index is -0.360. The number of thiophene rings is 1. The quantitative estimate of drug-likeness (QED) is 0.584. The summed E-state index contributed by atoms with van der Waals surface area (Å²) in [7, 11) is 1.51. The van der Waals surface area contributed by atoms with Gasteiger partial charge in [0.1, 0.15) is 17.1 Å². The Morgan fingerprint density at radius 1 is 1.33 bits per heavy atom. The molecule has 1 aliphatic heterocycles. The van der Waals surface area contributed by atoms with E-state index in [2.05, 4.69) is 10.3 Å². The highest BCUT2D eigenvalue weighted by molar-refractivity contribution is 7.20. The van der Waals surface area contributed by atoms with Gasteiger partial charge in [0.2, 0.25) is 5.91 Å². The Bertz CT molecular complexity index is 1290. The van der Waals surface area contributed by atoms with Crippen LogP contribution in [0.15, 0.2) is 29.3 Å². The number of hydrogen-bond acceptors (Lipinski definition) is 6. The topological polar surface area (TPSA) is 93.5 Å². The van der Waals surface area contributed by atoms with Crippen LogP contribution in [0.5, 0.6) is 5.75 Å². The number of nitrogens with one attached hydrogen (secondary N) is 1.